The van der Waals surface area contributed by atoms with Crippen molar-refractivity contribution < 1.29 is 23.8 Å². The largest absolute Gasteiger partial charge is 0.454 e. The Kier molecular flexibility index (Phi) is 5.74. The lowest BCUT2D eigenvalue weighted by Gasteiger charge is -2.30. The molecule has 3 heterocycles. The number of fused-ring (bicyclic) bond motifs is 2. The molecule has 7 nitrogen and oxygen atoms in total. The summed E-state index contributed by atoms with van der Waals surface area (Å²) in [5.74, 6) is 1.48. The number of benzene rings is 2. The summed E-state index contributed by atoms with van der Waals surface area (Å²) in [5, 5.41) is 6.17. The zero-order chi connectivity index (χ0) is 22.0. The van der Waals surface area contributed by atoms with E-state index in [1.165, 1.54) is 5.56 Å². The van der Waals surface area contributed by atoms with Gasteiger partial charge in [0.25, 0.3) is 0 Å². The maximum Gasteiger partial charge on any atom is 0.231 e. The van der Waals surface area contributed by atoms with Gasteiger partial charge in [0, 0.05) is 24.9 Å². The molecule has 0 aliphatic carbocycles. The first-order valence-corrected chi connectivity index (χ1v) is 11.3. The maximum atomic E-state index is 12.7. The van der Waals surface area contributed by atoms with Gasteiger partial charge in [-0.05, 0) is 54.5 Å². The fourth-order valence-corrected chi connectivity index (χ4v) is 4.92. The van der Waals surface area contributed by atoms with Crippen molar-refractivity contribution in [2.75, 3.05) is 19.9 Å². The van der Waals surface area contributed by atoms with E-state index in [9.17, 15) is 9.59 Å². The van der Waals surface area contributed by atoms with Gasteiger partial charge in [0.1, 0.15) is 6.10 Å². The number of hydrogen-bond donors (Lipinski definition) is 2. The van der Waals surface area contributed by atoms with Crippen LogP contribution in [0.1, 0.15) is 48.5 Å². The second-order valence-electron chi connectivity index (χ2n) is 8.81. The van der Waals surface area contributed by atoms with E-state index in [-0.39, 0.29) is 24.7 Å². The van der Waals surface area contributed by atoms with Crippen molar-refractivity contribution in [3.05, 3.63) is 59.2 Å². The van der Waals surface area contributed by atoms with Crippen LogP contribution in [0.15, 0.2) is 42.5 Å². The normalized spacial score (nSPS) is 23.5. The van der Waals surface area contributed by atoms with Crippen molar-refractivity contribution in [1.82, 2.24) is 10.6 Å². The summed E-state index contributed by atoms with van der Waals surface area (Å²) in [5.41, 5.74) is 3.08. The molecule has 2 N–H and O–H groups in total. The summed E-state index contributed by atoms with van der Waals surface area (Å²) in [7, 11) is 0. The van der Waals surface area contributed by atoms with Gasteiger partial charge < -0.3 is 24.8 Å². The van der Waals surface area contributed by atoms with Crippen molar-refractivity contribution in [3.8, 4) is 11.5 Å². The predicted molar refractivity (Wildman–Crippen MR) is 117 cm³/mol. The smallest absolute Gasteiger partial charge is 0.231 e. The lowest BCUT2D eigenvalue weighted by atomic mass is 9.85. The Morgan fingerprint density at radius 3 is 2.88 bits per heavy atom. The highest BCUT2D eigenvalue weighted by molar-refractivity contribution is 5.80. The molecule has 0 saturated carbocycles. The highest BCUT2D eigenvalue weighted by Crippen LogP contribution is 2.36. The van der Waals surface area contributed by atoms with Gasteiger partial charge in [0.05, 0.1) is 6.61 Å². The van der Waals surface area contributed by atoms with Crippen LogP contribution in [0.5, 0.6) is 11.5 Å². The van der Waals surface area contributed by atoms with Gasteiger partial charge >= 0.3 is 0 Å². The van der Waals surface area contributed by atoms with Crippen LogP contribution >= 0.6 is 0 Å². The van der Waals surface area contributed by atoms with Crippen LogP contribution < -0.4 is 20.1 Å². The minimum Gasteiger partial charge on any atom is -0.454 e. The molecule has 2 atom stereocenters. The first-order valence-electron chi connectivity index (χ1n) is 11.3. The van der Waals surface area contributed by atoms with Crippen LogP contribution in [-0.4, -0.2) is 37.3 Å². The predicted octanol–water partition coefficient (Wildman–Crippen LogP) is 2.82. The molecule has 2 aromatic carbocycles. The van der Waals surface area contributed by atoms with Gasteiger partial charge in [-0.1, -0.05) is 30.3 Å². The topological polar surface area (TPSA) is 85.9 Å². The van der Waals surface area contributed by atoms with Gasteiger partial charge in [-0.3, -0.25) is 9.59 Å². The van der Waals surface area contributed by atoms with Gasteiger partial charge in [-0.15, -0.1) is 0 Å². The Labute approximate surface area is 187 Å². The van der Waals surface area contributed by atoms with Crippen LogP contribution in [-0.2, 0) is 27.2 Å². The third-order valence-corrected chi connectivity index (χ3v) is 6.62. The molecule has 0 spiro atoms. The summed E-state index contributed by atoms with van der Waals surface area (Å²) in [6, 6.07) is 14.1. The van der Waals surface area contributed by atoms with E-state index in [4.69, 9.17) is 14.2 Å². The lowest BCUT2D eigenvalue weighted by Crippen LogP contribution is -2.44. The quantitative estimate of drug-likeness (QED) is 0.697. The first kappa shape index (κ1) is 20.8. The van der Waals surface area contributed by atoms with Crippen molar-refractivity contribution in [2.45, 2.75) is 50.2 Å². The lowest BCUT2D eigenvalue weighted by molar-refractivity contribution is -0.123. The Morgan fingerprint density at radius 2 is 2.00 bits per heavy atom. The molecule has 0 unspecified atom stereocenters. The standard InChI is InChI=1S/C25H28N2O5/c28-23(26-15-22-19-4-2-1-3-18(19)9-12-30-22)7-10-25(11-8-24(29)27-25)14-17-5-6-20-21(13-17)32-16-31-20/h1-6,13,22H,7-12,14-16H2,(H,26,28)(H,27,29)/t22-,25-/m0/s1. The molecule has 2 aromatic rings. The SMILES string of the molecule is O=C(CC[C@@]1(Cc2ccc3c(c2)OCO3)CCC(=O)N1)NC[C@@H]1OCCc2ccccc21. The maximum absolute atomic E-state index is 12.7. The Morgan fingerprint density at radius 1 is 1.12 bits per heavy atom. The Hall–Kier alpha value is -3.06. The summed E-state index contributed by atoms with van der Waals surface area (Å²) in [4.78, 5) is 24.7. The van der Waals surface area contributed by atoms with Crippen molar-refractivity contribution >= 4 is 11.8 Å². The highest BCUT2D eigenvalue weighted by Gasteiger charge is 2.38. The Balaban J connectivity index is 1.19. The van der Waals surface area contributed by atoms with E-state index >= 15 is 0 Å². The molecular weight excluding hydrogens is 408 g/mol. The molecule has 5 rings (SSSR count). The number of carbonyl (C=O) groups is 2. The van der Waals surface area contributed by atoms with Crippen molar-refractivity contribution in [3.63, 3.8) is 0 Å². The molecule has 1 fully saturated rings. The first-order chi connectivity index (χ1) is 15.6. The van der Waals surface area contributed by atoms with Crippen LogP contribution in [0, 0.1) is 0 Å². The molecule has 168 valence electrons. The molecule has 1 saturated heterocycles. The number of carbonyl (C=O) groups excluding carboxylic acids is 2. The number of nitrogens with one attached hydrogen (secondary N) is 2. The summed E-state index contributed by atoms with van der Waals surface area (Å²) >= 11 is 0. The van der Waals surface area contributed by atoms with Crippen molar-refractivity contribution in [1.29, 1.82) is 0 Å². The van der Waals surface area contributed by atoms with E-state index in [0.717, 1.165) is 29.0 Å². The fraction of sp³-hybridized carbons (Fsp3) is 0.440. The van der Waals surface area contributed by atoms with Crippen molar-refractivity contribution in [2.24, 2.45) is 0 Å². The van der Waals surface area contributed by atoms with Gasteiger partial charge in [-0.2, -0.15) is 0 Å². The molecule has 32 heavy (non-hydrogen) atoms. The van der Waals surface area contributed by atoms with E-state index in [1.54, 1.807) is 0 Å². The second kappa shape index (κ2) is 8.82. The number of ether oxygens (including phenoxy) is 3. The summed E-state index contributed by atoms with van der Waals surface area (Å²) in [6.45, 7) is 1.36. The fourth-order valence-electron chi connectivity index (χ4n) is 4.92. The minimum atomic E-state index is -0.421. The zero-order valence-electron chi connectivity index (χ0n) is 18.0. The van der Waals surface area contributed by atoms with Gasteiger partial charge in [0.2, 0.25) is 18.6 Å². The van der Waals surface area contributed by atoms with Crippen LogP contribution in [0.2, 0.25) is 0 Å². The van der Waals surface area contributed by atoms with E-state index < -0.39 is 5.54 Å². The molecular formula is C25H28N2O5. The van der Waals surface area contributed by atoms with E-state index in [1.807, 2.05) is 30.3 Å². The monoisotopic (exact) mass is 436 g/mol. The molecule has 3 aliphatic heterocycles. The zero-order valence-corrected chi connectivity index (χ0v) is 18.0. The second-order valence-corrected chi connectivity index (χ2v) is 8.81. The molecule has 3 aliphatic rings. The van der Waals surface area contributed by atoms with E-state index in [0.29, 0.717) is 45.3 Å². The minimum absolute atomic E-state index is 0.0251. The summed E-state index contributed by atoms with van der Waals surface area (Å²) < 4.78 is 16.8. The van der Waals surface area contributed by atoms with Crippen LogP contribution in [0.3, 0.4) is 0 Å². The highest BCUT2D eigenvalue weighted by atomic mass is 16.7. The summed E-state index contributed by atoms with van der Waals surface area (Å²) in [6.07, 6.45) is 3.58. The molecule has 0 radical (unpaired) electrons. The Bertz CT molecular complexity index is 1020. The van der Waals surface area contributed by atoms with Crippen LogP contribution in [0.4, 0.5) is 0 Å². The van der Waals surface area contributed by atoms with Crippen LogP contribution in [0.25, 0.3) is 0 Å². The number of rotatable bonds is 7. The third-order valence-electron chi connectivity index (χ3n) is 6.62. The van der Waals surface area contributed by atoms with E-state index in [2.05, 4.69) is 22.8 Å². The molecule has 2 amide bonds. The third kappa shape index (κ3) is 4.43. The molecule has 0 bridgehead atoms. The molecule has 0 aromatic heterocycles. The average Bonchev–Trinajstić information content (AvgIpc) is 3.42. The number of amides is 2. The molecule has 7 heteroatoms. The van der Waals surface area contributed by atoms with Gasteiger partial charge in [-0.25, -0.2) is 0 Å². The average molecular weight is 437 g/mol. The van der Waals surface area contributed by atoms with Gasteiger partial charge in [0.15, 0.2) is 11.5 Å². The number of hydrogen-bond acceptors (Lipinski definition) is 5.